The minimum absolute atomic E-state index is 0.0656. The maximum Gasteiger partial charge on any atom is 0.223 e. The van der Waals surface area contributed by atoms with Crippen molar-refractivity contribution in [2.75, 3.05) is 19.7 Å². The zero-order valence-electron chi connectivity index (χ0n) is 11.2. The highest BCUT2D eigenvalue weighted by Gasteiger charge is 2.40. The van der Waals surface area contributed by atoms with Gasteiger partial charge in [0.25, 0.3) is 0 Å². The molecule has 0 aromatic heterocycles. The van der Waals surface area contributed by atoms with Gasteiger partial charge in [0.1, 0.15) is 5.60 Å². The van der Waals surface area contributed by atoms with E-state index in [1.807, 2.05) is 6.92 Å². The molecule has 1 amide bonds. The molecular formula is C13H24N2O3. The Morgan fingerprint density at radius 3 is 2.94 bits per heavy atom. The molecule has 4 atom stereocenters. The monoisotopic (exact) mass is 256 g/mol. The number of ether oxygens (including phenoxy) is 1. The van der Waals surface area contributed by atoms with Gasteiger partial charge in [-0.05, 0) is 33.2 Å². The number of aliphatic hydroxyl groups is 1. The molecule has 2 rings (SSSR count). The summed E-state index contributed by atoms with van der Waals surface area (Å²) in [6.07, 6.45) is 2.14. The lowest BCUT2D eigenvalue weighted by molar-refractivity contribution is -0.127. The van der Waals surface area contributed by atoms with Crippen molar-refractivity contribution in [1.29, 1.82) is 0 Å². The van der Waals surface area contributed by atoms with Gasteiger partial charge in [-0.1, -0.05) is 0 Å². The van der Waals surface area contributed by atoms with Crippen LogP contribution in [-0.2, 0) is 9.53 Å². The van der Waals surface area contributed by atoms with Crippen LogP contribution in [0.2, 0.25) is 0 Å². The van der Waals surface area contributed by atoms with Crippen LogP contribution in [0, 0.1) is 5.92 Å². The van der Waals surface area contributed by atoms with E-state index < -0.39 is 5.60 Å². The first-order chi connectivity index (χ1) is 8.51. The first kappa shape index (κ1) is 13.8. The Morgan fingerprint density at radius 2 is 2.33 bits per heavy atom. The van der Waals surface area contributed by atoms with Crippen molar-refractivity contribution in [3.63, 3.8) is 0 Å². The molecule has 18 heavy (non-hydrogen) atoms. The zero-order valence-corrected chi connectivity index (χ0v) is 11.2. The summed E-state index contributed by atoms with van der Waals surface area (Å²) < 4.78 is 5.35. The number of piperidine rings is 1. The predicted octanol–water partition coefficient (Wildman–Crippen LogP) is 0.0306. The van der Waals surface area contributed by atoms with Crippen molar-refractivity contribution in [3.8, 4) is 0 Å². The van der Waals surface area contributed by atoms with Gasteiger partial charge in [-0.2, -0.15) is 0 Å². The second-order valence-corrected chi connectivity index (χ2v) is 5.66. The Balaban J connectivity index is 1.81. The second-order valence-electron chi connectivity index (χ2n) is 5.66. The summed E-state index contributed by atoms with van der Waals surface area (Å²) in [6.45, 7) is 5.71. The average molecular weight is 256 g/mol. The molecule has 2 fully saturated rings. The van der Waals surface area contributed by atoms with Crippen LogP contribution >= 0.6 is 0 Å². The van der Waals surface area contributed by atoms with E-state index in [0.29, 0.717) is 25.6 Å². The van der Waals surface area contributed by atoms with E-state index in [1.165, 1.54) is 0 Å². The lowest BCUT2D eigenvalue weighted by Crippen LogP contribution is -2.50. The molecule has 2 aliphatic heterocycles. The highest BCUT2D eigenvalue weighted by Crippen LogP contribution is 2.25. The fraction of sp³-hybridized carbons (Fsp3) is 0.923. The van der Waals surface area contributed by atoms with E-state index in [2.05, 4.69) is 17.6 Å². The Morgan fingerprint density at radius 1 is 1.56 bits per heavy atom. The van der Waals surface area contributed by atoms with Gasteiger partial charge in [-0.25, -0.2) is 0 Å². The van der Waals surface area contributed by atoms with Gasteiger partial charge >= 0.3 is 0 Å². The minimum atomic E-state index is -0.895. The first-order valence-corrected chi connectivity index (χ1v) is 6.86. The fourth-order valence-corrected chi connectivity index (χ4v) is 2.76. The van der Waals surface area contributed by atoms with Crippen molar-refractivity contribution in [3.05, 3.63) is 0 Å². The van der Waals surface area contributed by atoms with E-state index in [4.69, 9.17) is 4.74 Å². The van der Waals surface area contributed by atoms with Crippen LogP contribution in [0.25, 0.3) is 0 Å². The molecule has 0 aromatic carbocycles. The van der Waals surface area contributed by atoms with Crippen LogP contribution in [-0.4, -0.2) is 48.5 Å². The molecule has 2 aliphatic rings. The topological polar surface area (TPSA) is 70.6 Å². The normalized spacial score (nSPS) is 40.7. The molecule has 5 heteroatoms. The highest BCUT2D eigenvalue weighted by atomic mass is 16.5. The number of carbonyl (C=O) groups is 1. The molecule has 3 N–H and O–H groups in total. The predicted molar refractivity (Wildman–Crippen MR) is 68.2 cm³/mol. The van der Waals surface area contributed by atoms with Gasteiger partial charge in [0.2, 0.25) is 5.91 Å². The van der Waals surface area contributed by atoms with Gasteiger partial charge in [0, 0.05) is 31.5 Å². The van der Waals surface area contributed by atoms with Crippen LogP contribution in [0.4, 0.5) is 0 Å². The molecule has 0 saturated carbocycles. The number of carbonyl (C=O) groups excluding carboxylic acids is 1. The Hall–Kier alpha value is -0.650. The van der Waals surface area contributed by atoms with Crippen LogP contribution < -0.4 is 10.6 Å². The SMILES string of the molecule is CC1CC(C(=O)NCC2(O)CCOC2C)CCN1. The molecule has 0 spiro atoms. The molecule has 4 unspecified atom stereocenters. The lowest BCUT2D eigenvalue weighted by Gasteiger charge is -2.30. The smallest absolute Gasteiger partial charge is 0.223 e. The van der Waals surface area contributed by atoms with E-state index in [9.17, 15) is 9.90 Å². The molecular weight excluding hydrogens is 232 g/mol. The van der Waals surface area contributed by atoms with Gasteiger partial charge in [-0.15, -0.1) is 0 Å². The van der Waals surface area contributed by atoms with E-state index in [1.54, 1.807) is 0 Å². The molecule has 2 saturated heterocycles. The fourth-order valence-electron chi connectivity index (χ4n) is 2.76. The number of hydrogen-bond donors (Lipinski definition) is 3. The maximum atomic E-state index is 12.1. The summed E-state index contributed by atoms with van der Waals surface area (Å²) in [5.41, 5.74) is -0.895. The van der Waals surface area contributed by atoms with E-state index in [-0.39, 0.29) is 17.9 Å². The van der Waals surface area contributed by atoms with Crippen molar-refractivity contribution in [2.45, 2.75) is 50.9 Å². The lowest BCUT2D eigenvalue weighted by atomic mass is 9.91. The van der Waals surface area contributed by atoms with Crippen LogP contribution in [0.15, 0.2) is 0 Å². The maximum absolute atomic E-state index is 12.1. The molecule has 2 heterocycles. The Labute approximate surface area is 108 Å². The molecule has 5 nitrogen and oxygen atoms in total. The summed E-state index contributed by atoms with van der Waals surface area (Å²) in [5.74, 6) is 0.137. The third-order valence-electron chi connectivity index (χ3n) is 4.22. The third kappa shape index (κ3) is 3.02. The van der Waals surface area contributed by atoms with Crippen LogP contribution in [0.3, 0.4) is 0 Å². The molecule has 0 aliphatic carbocycles. The van der Waals surface area contributed by atoms with Gasteiger partial charge in [0.15, 0.2) is 0 Å². The molecule has 0 aromatic rings. The second kappa shape index (κ2) is 5.55. The van der Waals surface area contributed by atoms with Crippen molar-refractivity contribution in [2.24, 2.45) is 5.92 Å². The van der Waals surface area contributed by atoms with Crippen LogP contribution in [0.1, 0.15) is 33.1 Å². The summed E-state index contributed by atoms with van der Waals surface area (Å²) in [6, 6.07) is 0.395. The molecule has 104 valence electrons. The Bertz CT molecular complexity index is 311. The van der Waals surface area contributed by atoms with Crippen molar-refractivity contribution in [1.82, 2.24) is 10.6 Å². The van der Waals surface area contributed by atoms with Gasteiger partial charge in [-0.3, -0.25) is 4.79 Å². The number of nitrogens with one attached hydrogen (secondary N) is 2. The largest absolute Gasteiger partial charge is 0.385 e. The van der Waals surface area contributed by atoms with E-state index in [0.717, 1.165) is 19.4 Å². The molecule has 0 radical (unpaired) electrons. The van der Waals surface area contributed by atoms with Crippen molar-refractivity contribution >= 4 is 5.91 Å². The van der Waals surface area contributed by atoms with E-state index >= 15 is 0 Å². The standard InChI is InChI=1S/C13H24N2O3/c1-9-7-11(3-5-14-9)12(16)15-8-13(17)4-6-18-10(13)2/h9-11,14,17H,3-8H2,1-2H3,(H,15,16). The zero-order chi connectivity index (χ0) is 13.2. The summed E-state index contributed by atoms with van der Waals surface area (Å²) in [7, 11) is 0. The highest BCUT2D eigenvalue weighted by molar-refractivity contribution is 5.78. The summed E-state index contributed by atoms with van der Waals surface area (Å²) in [5, 5.41) is 16.5. The molecule has 0 bridgehead atoms. The Kier molecular flexibility index (Phi) is 4.25. The summed E-state index contributed by atoms with van der Waals surface area (Å²) in [4.78, 5) is 12.1. The number of hydrogen-bond acceptors (Lipinski definition) is 4. The van der Waals surface area contributed by atoms with Gasteiger partial charge < -0.3 is 20.5 Å². The minimum Gasteiger partial charge on any atom is -0.385 e. The van der Waals surface area contributed by atoms with Crippen LogP contribution in [0.5, 0.6) is 0 Å². The summed E-state index contributed by atoms with van der Waals surface area (Å²) >= 11 is 0. The quantitative estimate of drug-likeness (QED) is 0.666. The average Bonchev–Trinajstić information content (AvgIpc) is 2.67. The third-order valence-corrected chi connectivity index (χ3v) is 4.22. The first-order valence-electron chi connectivity index (χ1n) is 6.86. The van der Waals surface area contributed by atoms with Gasteiger partial charge in [0.05, 0.1) is 6.10 Å². The number of amides is 1. The number of rotatable bonds is 3. The van der Waals surface area contributed by atoms with Crippen molar-refractivity contribution < 1.29 is 14.6 Å².